The van der Waals surface area contributed by atoms with Crippen LogP contribution in [-0.2, 0) is 4.43 Å². The molecule has 1 rings (SSSR count). The van der Waals surface area contributed by atoms with Gasteiger partial charge in [-0.15, -0.1) is 0 Å². The maximum Gasteiger partial charge on any atom is 0.224 e. The number of hydrogen-bond donors (Lipinski definition) is 1. The summed E-state index contributed by atoms with van der Waals surface area (Å²) in [4.78, 5) is 7.36. The molecule has 0 spiro atoms. The average molecular weight is 320 g/mol. The van der Waals surface area contributed by atoms with E-state index in [-0.39, 0.29) is 16.1 Å². The summed E-state index contributed by atoms with van der Waals surface area (Å²) >= 11 is 5.62. The maximum atomic E-state index is 13.4. The van der Waals surface area contributed by atoms with Crippen LogP contribution >= 0.6 is 11.6 Å². The van der Waals surface area contributed by atoms with Crippen LogP contribution < -0.4 is 5.32 Å². The van der Waals surface area contributed by atoms with Gasteiger partial charge in [0.05, 0.1) is 6.20 Å². The summed E-state index contributed by atoms with van der Waals surface area (Å²) in [6.07, 6.45) is 1.84. The Morgan fingerprint density at radius 2 is 2.05 bits per heavy atom. The van der Waals surface area contributed by atoms with E-state index < -0.39 is 14.1 Å². The van der Waals surface area contributed by atoms with Gasteiger partial charge >= 0.3 is 0 Å². The molecule has 1 aromatic heterocycles. The highest BCUT2D eigenvalue weighted by atomic mass is 35.5. The minimum Gasteiger partial charge on any atom is -0.417 e. The Hall–Kier alpha value is -0.723. The predicted octanol–water partition coefficient (Wildman–Crippen LogP) is 4.09. The second kappa shape index (κ2) is 6.82. The molecule has 1 N–H and O–H groups in total. The molecular formula is C13H23ClFN3OSi. The molecule has 0 unspecified atom stereocenters. The number of rotatable bonds is 6. The largest absolute Gasteiger partial charge is 0.417 e. The lowest BCUT2D eigenvalue weighted by atomic mass is 10.2. The summed E-state index contributed by atoms with van der Waals surface area (Å²) in [5, 5.41) is 3.14. The number of nitrogens with one attached hydrogen (secondary N) is 1. The van der Waals surface area contributed by atoms with E-state index in [4.69, 9.17) is 16.0 Å². The van der Waals surface area contributed by atoms with Gasteiger partial charge in [-0.1, -0.05) is 20.8 Å². The standard InChI is InChI=1S/C13H23ClFN3OSi/c1-13(2,3)20(4,5)19-8-6-7-16-11-10(15)9-17-12(14)18-11/h9H,6-8H2,1-5H3,(H,16,17,18). The zero-order valence-corrected chi connectivity index (χ0v) is 14.5. The fraction of sp³-hybridized carbons (Fsp3) is 0.692. The van der Waals surface area contributed by atoms with Gasteiger partial charge in [0, 0.05) is 13.2 Å². The average Bonchev–Trinajstić information content (AvgIpc) is 2.31. The van der Waals surface area contributed by atoms with E-state index in [9.17, 15) is 4.39 Å². The van der Waals surface area contributed by atoms with Gasteiger partial charge in [0.25, 0.3) is 0 Å². The molecule has 1 aromatic rings. The Balaban J connectivity index is 2.34. The second-order valence-corrected chi connectivity index (χ2v) is 11.4. The highest BCUT2D eigenvalue weighted by Crippen LogP contribution is 2.36. The summed E-state index contributed by atoms with van der Waals surface area (Å²) in [7, 11) is -1.70. The zero-order chi connectivity index (χ0) is 15.4. The van der Waals surface area contributed by atoms with Gasteiger partial charge in [0.15, 0.2) is 20.0 Å². The summed E-state index contributed by atoms with van der Waals surface area (Å²) in [5.74, 6) is -0.364. The first-order chi connectivity index (χ1) is 9.13. The van der Waals surface area contributed by atoms with Crippen LogP contribution in [0.2, 0.25) is 23.4 Å². The Kier molecular flexibility index (Phi) is 5.91. The van der Waals surface area contributed by atoms with Crippen LogP contribution in [0.5, 0.6) is 0 Å². The van der Waals surface area contributed by atoms with Crippen molar-refractivity contribution >= 4 is 25.7 Å². The lowest BCUT2D eigenvalue weighted by Gasteiger charge is -2.36. The van der Waals surface area contributed by atoms with Gasteiger partial charge in [-0.3, -0.25) is 0 Å². The number of hydrogen-bond acceptors (Lipinski definition) is 4. The van der Waals surface area contributed by atoms with Crippen molar-refractivity contribution in [3.63, 3.8) is 0 Å². The van der Waals surface area contributed by atoms with Crippen molar-refractivity contribution < 1.29 is 8.82 Å². The Morgan fingerprint density at radius 3 is 2.65 bits per heavy atom. The summed E-state index contributed by atoms with van der Waals surface area (Å²) in [6.45, 7) is 12.3. The molecule has 0 aliphatic carbocycles. The van der Waals surface area contributed by atoms with Crippen LogP contribution in [0, 0.1) is 5.82 Å². The smallest absolute Gasteiger partial charge is 0.224 e. The van der Waals surface area contributed by atoms with E-state index in [2.05, 4.69) is 49.1 Å². The van der Waals surface area contributed by atoms with Crippen LogP contribution in [0.15, 0.2) is 6.20 Å². The molecule has 4 nitrogen and oxygen atoms in total. The van der Waals surface area contributed by atoms with Gasteiger partial charge < -0.3 is 9.74 Å². The third-order valence-corrected chi connectivity index (χ3v) is 8.32. The van der Waals surface area contributed by atoms with Crippen LogP contribution in [-0.4, -0.2) is 31.4 Å². The molecule has 114 valence electrons. The zero-order valence-electron chi connectivity index (χ0n) is 12.8. The minimum atomic E-state index is -1.70. The first-order valence-electron chi connectivity index (χ1n) is 6.69. The van der Waals surface area contributed by atoms with E-state index >= 15 is 0 Å². The van der Waals surface area contributed by atoms with Crippen molar-refractivity contribution in [2.24, 2.45) is 0 Å². The fourth-order valence-corrected chi connectivity index (χ4v) is 2.51. The predicted molar refractivity (Wildman–Crippen MR) is 83.3 cm³/mol. The quantitative estimate of drug-likeness (QED) is 0.487. The number of anilines is 1. The Labute approximate surface area is 126 Å². The molecule has 0 amide bonds. The molecule has 0 aliphatic heterocycles. The molecule has 0 bridgehead atoms. The SMILES string of the molecule is CC(C)(C)[Si](C)(C)OCCCNc1nc(Cl)ncc1F. The van der Waals surface area contributed by atoms with Crippen molar-refractivity contribution in [2.75, 3.05) is 18.5 Å². The first-order valence-corrected chi connectivity index (χ1v) is 9.98. The highest BCUT2D eigenvalue weighted by Gasteiger charge is 2.36. The first kappa shape index (κ1) is 17.3. The monoisotopic (exact) mass is 319 g/mol. The molecule has 20 heavy (non-hydrogen) atoms. The van der Waals surface area contributed by atoms with Crippen molar-refractivity contribution in [3.8, 4) is 0 Å². The van der Waals surface area contributed by atoms with Crippen molar-refractivity contribution in [1.82, 2.24) is 9.97 Å². The third-order valence-electron chi connectivity index (χ3n) is 3.60. The Morgan fingerprint density at radius 1 is 1.40 bits per heavy atom. The number of nitrogens with zero attached hydrogens (tertiary/aromatic N) is 2. The normalized spacial score (nSPS) is 12.6. The molecular weight excluding hydrogens is 297 g/mol. The van der Waals surface area contributed by atoms with E-state index in [0.29, 0.717) is 13.2 Å². The van der Waals surface area contributed by atoms with Gasteiger partial charge in [0.1, 0.15) is 0 Å². The van der Waals surface area contributed by atoms with Crippen molar-refractivity contribution in [1.29, 1.82) is 0 Å². The van der Waals surface area contributed by atoms with Crippen molar-refractivity contribution in [2.45, 2.75) is 45.3 Å². The topological polar surface area (TPSA) is 47.0 Å². The molecule has 0 saturated carbocycles. The molecule has 7 heteroatoms. The van der Waals surface area contributed by atoms with Crippen LogP contribution in [0.4, 0.5) is 10.2 Å². The lowest BCUT2D eigenvalue weighted by molar-refractivity contribution is 0.286. The van der Waals surface area contributed by atoms with Gasteiger partial charge in [-0.2, -0.15) is 4.98 Å². The van der Waals surface area contributed by atoms with Gasteiger partial charge in [0.2, 0.25) is 5.28 Å². The molecule has 0 aliphatic rings. The molecule has 1 heterocycles. The maximum absolute atomic E-state index is 13.4. The van der Waals surface area contributed by atoms with Crippen LogP contribution in [0.3, 0.4) is 0 Å². The van der Waals surface area contributed by atoms with E-state index in [1.807, 2.05) is 0 Å². The molecule has 0 radical (unpaired) electrons. The minimum absolute atomic E-state index is 0.0337. The molecule has 0 saturated heterocycles. The molecule has 0 fully saturated rings. The number of aromatic nitrogens is 2. The summed E-state index contributed by atoms with van der Waals surface area (Å²) < 4.78 is 19.4. The van der Waals surface area contributed by atoms with Gasteiger partial charge in [-0.25, -0.2) is 9.37 Å². The Bertz CT molecular complexity index is 452. The molecule has 0 aromatic carbocycles. The van der Waals surface area contributed by atoms with E-state index in [0.717, 1.165) is 12.6 Å². The third kappa shape index (κ3) is 4.99. The lowest BCUT2D eigenvalue weighted by Crippen LogP contribution is -2.41. The van der Waals surface area contributed by atoms with Gasteiger partial charge in [-0.05, 0) is 36.2 Å². The van der Waals surface area contributed by atoms with E-state index in [1.165, 1.54) is 0 Å². The summed E-state index contributed by atoms with van der Waals surface area (Å²) in [5.41, 5.74) is 0. The van der Waals surface area contributed by atoms with E-state index in [1.54, 1.807) is 0 Å². The second-order valence-electron chi connectivity index (χ2n) is 6.22. The van der Waals surface area contributed by atoms with Crippen molar-refractivity contribution in [3.05, 3.63) is 17.3 Å². The fourth-order valence-electron chi connectivity index (χ4n) is 1.29. The highest BCUT2D eigenvalue weighted by molar-refractivity contribution is 6.74. The van der Waals surface area contributed by atoms with Crippen LogP contribution in [0.25, 0.3) is 0 Å². The van der Waals surface area contributed by atoms with Crippen LogP contribution in [0.1, 0.15) is 27.2 Å². The number of halogens is 2. The molecule has 0 atom stereocenters. The summed E-state index contributed by atoms with van der Waals surface area (Å²) in [6, 6.07) is 0.